The summed E-state index contributed by atoms with van der Waals surface area (Å²) >= 11 is 1.59. The van der Waals surface area contributed by atoms with E-state index in [1.165, 1.54) is 0 Å². The lowest BCUT2D eigenvalue weighted by molar-refractivity contribution is -0.115. The largest absolute Gasteiger partial charge is 0.496 e. The van der Waals surface area contributed by atoms with Crippen molar-refractivity contribution in [2.75, 3.05) is 12.4 Å². The van der Waals surface area contributed by atoms with Crippen LogP contribution >= 0.6 is 11.3 Å². The number of carbonyl (C=O) groups excluding carboxylic acids is 1. The molecule has 1 saturated carbocycles. The minimum absolute atomic E-state index is 0.0260. The van der Waals surface area contributed by atoms with Crippen molar-refractivity contribution in [2.45, 2.75) is 25.2 Å². The van der Waals surface area contributed by atoms with Crippen molar-refractivity contribution in [3.63, 3.8) is 0 Å². The smallest absolute Gasteiger partial charge is 0.229 e. The van der Waals surface area contributed by atoms with Crippen LogP contribution in [0.2, 0.25) is 0 Å². The molecule has 128 valence electrons. The zero-order valence-corrected chi connectivity index (χ0v) is 14.7. The number of para-hydroxylation sites is 1. The van der Waals surface area contributed by atoms with Crippen LogP contribution in [0, 0.1) is 0 Å². The van der Waals surface area contributed by atoms with Gasteiger partial charge in [-0.25, -0.2) is 0 Å². The Kier molecular flexibility index (Phi) is 4.28. The van der Waals surface area contributed by atoms with Gasteiger partial charge in [0.15, 0.2) is 0 Å². The highest BCUT2D eigenvalue weighted by Crippen LogP contribution is 2.46. The quantitative estimate of drug-likeness (QED) is 0.698. The van der Waals surface area contributed by atoms with E-state index >= 15 is 0 Å². The van der Waals surface area contributed by atoms with E-state index in [0.717, 1.165) is 46.1 Å². The molecule has 0 radical (unpaired) electrons. The first kappa shape index (κ1) is 15.9. The number of benzene rings is 1. The maximum atomic E-state index is 12.5. The van der Waals surface area contributed by atoms with Gasteiger partial charge in [0, 0.05) is 16.4 Å². The molecule has 25 heavy (non-hydrogen) atoms. The van der Waals surface area contributed by atoms with Gasteiger partial charge in [0.25, 0.3) is 0 Å². The Bertz CT molecular complexity index is 882. The number of amides is 1. The second kappa shape index (κ2) is 6.72. The Morgan fingerprint density at radius 2 is 2.16 bits per heavy atom. The molecule has 2 heterocycles. The van der Waals surface area contributed by atoms with Crippen LogP contribution in [0.4, 0.5) is 5.69 Å². The van der Waals surface area contributed by atoms with Gasteiger partial charge < -0.3 is 10.1 Å². The lowest BCUT2D eigenvalue weighted by Crippen LogP contribution is -2.15. The Balaban J connectivity index is 1.67. The van der Waals surface area contributed by atoms with Crippen LogP contribution in [0.3, 0.4) is 0 Å². The first-order chi connectivity index (χ1) is 12.3. The molecule has 3 aromatic rings. The minimum atomic E-state index is -0.0260. The average Bonchev–Trinajstić information content (AvgIpc) is 3.19. The molecule has 0 saturated heterocycles. The van der Waals surface area contributed by atoms with Crippen molar-refractivity contribution in [3.05, 3.63) is 52.3 Å². The van der Waals surface area contributed by atoms with Gasteiger partial charge in [0.2, 0.25) is 5.91 Å². The number of hydrogen-bond acceptors (Lipinski definition) is 4. The van der Waals surface area contributed by atoms with E-state index in [4.69, 9.17) is 4.74 Å². The molecule has 2 N–H and O–H groups in total. The maximum Gasteiger partial charge on any atom is 0.229 e. The summed E-state index contributed by atoms with van der Waals surface area (Å²) in [5, 5.41) is 12.7. The lowest BCUT2D eigenvalue weighted by Gasteiger charge is -2.10. The van der Waals surface area contributed by atoms with Crippen LogP contribution < -0.4 is 10.1 Å². The molecule has 0 atom stereocenters. The molecular weight excluding hydrogens is 334 g/mol. The van der Waals surface area contributed by atoms with Crippen LogP contribution in [0.1, 0.15) is 29.3 Å². The molecule has 0 bridgehead atoms. The third-order valence-corrected chi connectivity index (χ3v) is 5.20. The molecule has 1 fully saturated rings. The second-order valence-corrected chi connectivity index (χ2v) is 7.17. The normalized spacial score (nSPS) is 13.6. The van der Waals surface area contributed by atoms with Gasteiger partial charge in [-0.05, 0) is 36.4 Å². The first-order valence-electron chi connectivity index (χ1n) is 8.30. The third kappa shape index (κ3) is 3.30. The highest BCUT2D eigenvalue weighted by atomic mass is 32.1. The summed E-state index contributed by atoms with van der Waals surface area (Å²) in [4.78, 5) is 13.6. The Morgan fingerprint density at radius 1 is 1.32 bits per heavy atom. The molecule has 1 aromatic carbocycles. The number of methoxy groups -OCH3 is 1. The monoisotopic (exact) mass is 353 g/mol. The van der Waals surface area contributed by atoms with Gasteiger partial charge >= 0.3 is 0 Å². The van der Waals surface area contributed by atoms with Crippen LogP contribution in [-0.2, 0) is 11.2 Å². The topological polar surface area (TPSA) is 67.0 Å². The van der Waals surface area contributed by atoms with Gasteiger partial charge in [0.1, 0.15) is 11.4 Å². The Morgan fingerprint density at radius 3 is 2.88 bits per heavy atom. The maximum absolute atomic E-state index is 12.5. The second-order valence-electron chi connectivity index (χ2n) is 6.14. The molecule has 1 aliphatic carbocycles. The predicted octanol–water partition coefficient (Wildman–Crippen LogP) is 4.21. The van der Waals surface area contributed by atoms with E-state index in [1.807, 2.05) is 41.8 Å². The van der Waals surface area contributed by atoms with Crippen molar-refractivity contribution in [1.29, 1.82) is 0 Å². The predicted molar refractivity (Wildman–Crippen MR) is 99.2 cm³/mol. The number of rotatable bonds is 6. The summed E-state index contributed by atoms with van der Waals surface area (Å²) in [6.45, 7) is 0. The van der Waals surface area contributed by atoms with Crippen molar-refractivity contribution in [2.24, 2.45) is 0 Å². The molecular formula is C19H19N3O2S. The summed E-state index contributed by atoms with van der Waals surface area (Å²) < 4.78 is 5.47. The minimum Gasteiger partial charge on any atom is -0.496 e. The van der Waals surface area contributed by atoms with E-state index in [2.05, 4.69) is 15.5 Å². The van der Waals surface area contributed by atoms with Gasteiger partial charge in [-0.1, -0.05) is 18.2 Å². The molecule has 0 spiro atoms. The number of aromatic nitrogens is 2. The molecule has 0 aliphatic heterocycles. The van der Waals surface area contributed by atoms with Crippen molar-refractivity contribution in [1.82, 2.24) is 10.2 Å². The number of hydrogen-bond donors (Lipinski definition) is 2. The van der Waals surface area contributed by atoms with Crippen LogP contribution in [0.25, 0.3) is 11.3 Å². The van der Waals surface area contributed by atoms with Crippen LogP contribution in [-0.4, -0.2) is 23.2 Å². The van der Waals surface area contributed by atoms with Crippen molar-refractivity contribution >= 4 is 22.9 Å². The fourth-order valence-electron chi connectivity index (χ4n) is 2.94. The molecule has 1 amide bonds. The number of carbonyl (C=O) groups is 1. The highest BCUT2D eigenvalue weighted by molar-refractivity contribution is 7.10. The standard InChI is InChI=1S/C19H19N3O2S/c1-24-15-7-3-2-6-14(15)18-19(17(21-22-18)12-8-9-12)20-16(23)11-13-5-4-10-25-13/h2-7,10,12H,8-9,11H2,1H3,(H,20,23)(H,21,22). The van der Waals surface area contributed by atoms with Gasteiger partial charge in [-0.3, -0.25) is 9.89 Å². The molecule has 1 aliphatic rings. The SMILES string of the molecule is COc1ccccc1-c1n[nH]c(C2CC2)c1NC(=O)Cc1cccs1. The Labute approximate surface area is 150 Å². The number of anilines is 1. The van der Waals surface area contributed by atoms with E-state index in [0.29, 0.717) is 12.3 Å². The van der Waals surface area contributed by atoms with Gasteiger partial charge in [-0.2, -0.15) is 5.10 Å². The van der Waals surface area contributed by atoms with Gasteiger partial charge in [-0.15, -0.1) is 11.3 Å². The summed E-state index contributed by atoms with van der Waals surface area (Å²) in [6, 6.07) is 11.7. The number of nitrogens with zero attached hydrogens (tertiary/aromatic N) is 1. The highest BCUT2D eigenvalue weighted by Gasteiger charge is 2.31. The molecule has 0 unspecified atom stereocenters. The molecule has 2 aromatic heterocycles. The number of H-pyrrole nitrogens is 1. The lowest BCUT2D eigenvalue weighted by atomic mass is 10.1. The summed E-state index contributed by atoms with van der Waals surface area (Å²) in [5.41, 5.74) is 3.41. The van der Waals surface area contributed by atoms with Crippen LogP contribution in [0.15, 0.2) is 41.8 Å². The summed E-state index contributed by atoms with van der Waals surface area (Å²) in [5.74, 6) is 1.17. The third-order valence-electron chi connectivity index (χ3n) is 4.32. The fraction of sp³-hybridized carbons (Fsp3) is 0.263. The van der Waals surface area contributed by atoms with E-state index < -0.39 is 0 Å². The van der Waals surface area contributed by atoms with Crippen molar-refractivity contribution in [3.8, 4) is 17.0 Å². The van der Waals surface area contributed by atoms with E-state index in [-0.39, 0.29) is 5.91 Å². The molecule has 4 rings (SSSR count). The summed E-state index contributed by atoms with van der Waals surface area (Å²) in [6.07, 6.45) is 2.63. The molecule has 5 nitrogen and oxygen atoms in total. The van der Waals surface area contributed by atoms with Crippen molar-refractivity contribution < 1.29 is 9.53 Å². The number of ether oxygens (including phenoxy) is 1. The Hall–Kier alpha value is -2.60. The average molecular weight is 353 g/mol. The van der Waals surface area contributed by atoms with Crippen LogP contribution in [0.5, 0.6) is 5.75 Å². The number of thiophene rings is 1. The first-order valence-corrected chi connectivity index (χ1v) is 9.18. The zero-order valence-electron chi connectivity index (χ0n) is 13.9. The van der Waals surface area contributed by atoms with Gasteiger partial charge in [0.05, 0.1) is 24.9 Å². The summed E-state index contributed by atoms with van der Waals surface area (Å²) in [7, 11) is 1.64. The van der Waals surface area contributed by atoms with E-state index in [9.17, 15) is 4.79 Å². The number of nitrogens with one attached hydrogen (secondary N) is 2. The van der Waals surface area contributed by atoms with E-state index in [1.54, 1.807) is 18.4 Å². The number of aromatic amines is 1. The fourth-order valence-corrected chi connectivity index (χ4v) is 3.64. The zero-order chi connectivity index (χ0) is 17.2. The molecule has 6 heteroatoms.